The Morgan fingerprint density at radius 1 is 1.24 bits per heavy atom. The predicted octanol–water partition coefficient (Wildman–Crippen LogP) is 2.03. The summed E-state index contributed by atoms with van der Waals surface area (Å²) in [6.45, 7) is 0.506. The van der Waals surface area contributed by atoms with Crippen LogP contribution in [0.4, 0.5) is 0 Å². The molecule has 25 heavy (non-hydrogen) atoms. The molecule has 2 aromatic heterocycles. The van der Waals surface area contributed by atoms with Crippen LogP contribution >= 0.6 is 11.3 Å². The Morgan fingerprint density at radius 2 is 2.04 bits per heavy atom. The van der Waals surface area contributed by atoms with Gasteiger partial charge in [0.2, 0.25) is 0 Å². The number of carbonyl (C=O) groups excluding carboxylic acids is 2. The maximum atomic E-state index is 12.4. The third-order valence-electron chi connectivity index (χ3n) is 3.50. The zero-order valence-corrected chi connectivity index (χ0v) is 14.3. The molecule has 0 aliphatic rings. The Kier molecular flexibility index (Phi) is 5.20. The highest BCUT2D eigenvalue weighted by molar-refractivity contribution is 7.10. The fourth-order valence-electron chi connectivity index (χ4n) is 2.27. The molecule has 0 spiro atoms. The van der Waals surface area contributed by atoms with Gasteiger partial charge in [-0.1, -0.05) is 41.6 Å². The summed E-state index contributed by atoms with van der Waals surface area (Å²) in [6.07, 6.45) is 1.55. The average molecular weight is 356 g/mol. The van der Waals surface area contributed by atoms with E-state index in [0.29, 0.717) is 11.4 Å². The molecule has 3 aromatic rings. The van der Waals surface area contributed by atoms with E-state index in [1.54, 1.807) is 23.0 Å². The normalized spacial score (nSPS) is 11.7. The van der Waals surface area contributed by atoms with Crippen LogP contribution in [0, 0.1) is 0 Å². The maximum absolute atomic E-state index is 12.4. The zero-order chi connectivity index (χ0) is 17.6. The van der Waals surface area contributed by atoms with Crippen molar-refractivity contribution in [2.75, 3.05) is 7.11 Å². The minimum absolute atomic E-state index is 0.140. The van der Waals surface area contributed by atoms with Crippen LogP contribution in [0.15, 0.2) is 54.0 Å². The first kappa shape index (κ1) is 16.8. The molecular formula is C17H16N4O3S. The van der Waals surface area contributed by atoms with E-state index in [-0.39, 0.29) is 5.69 Å². The van der Waals surface area contributed by atoms with E-state index in [1.165, 1.54) is 18.4 Å². The van der Waals surface area contributed by atoms with Gasteiger partial charge in [-0.25, -0.2) is 9.48 Å². The lowest BCUT2D eigenvalue weighted by Crippen LogP contribution is -2.34. The molecule has 8 heteroatoms. The molecule has 0 bridgehead atoms. The van der Waals surface area contributed by atoms with Gasteiger partial charge in [0, 0.05) is 4.88 Å². The van der Waals surface area contributed by atoms with Crippen molar-refractivity contribution in [3.8, 4) is 0 Å². The number of ether oxygens (including phenoxy) is 1. The number of rotatable bonds is 6. The SMILES string of the molecule is COC(=O)C(NC(=O)c1cn(Cc2ccccc2)nn1)c1cccs1. The summed E-state index contributed by atoms with van der Waals surface area (Å²) in [5, 5.41) is 12.3. The molecule has 1 N–H and O–H groups in total. The summed E-state index contributed by atoms with van der Waals surface area (Å²) in [7, 11) is 1.28. The fourth-order valence-corrected chi connectivity index (χ4v) is 3.04. The lowest BCUT2D eigenvalue weighted by Gasteiger charge is -2.13. The molecule has 0 saturated carbocycles. The van der Waals surface area contributed by atoms with Crippen molar-refractivity contribution in [1.29, 1.82) is 0 Å². The van der Waals surface area contributed by atoms with Crippen molar-refractivity contribution < 1.29 is 14.3 Å². The van der Waals surface area contributed by atoms with Gasteiger partial charge in [0.25, 0.3) is 5.91 Å². The van der Waals surface area contributed by atoms with E-state index < -0.39 is 17.9 Å². The number of amides is 1. The van der Waals surface area contributed by atoms with Gasteiger partial charge in [-0.05, 0) is 17.0 Å². The molecule has 0 aliphatic carbocycles. The van der Waals surface area contributed by atoms with Gasteiger partial charge in [0.1, 0.15) is 0 Å². The van der Waals surface area contributed by atoms with Crippen LogP contribution in [0.3, 0.4) is 0 Å². The van der Waals surface area contributed by atoms with E-state index in [1.807, 2.05) is 35.7 Å². The van der Waals surface area contributed by atoms with Crippen molar-refractivity contribution >= 4 is 23.2 Å². The van der Waals surface area contributed by atoms with Crippen molar-refractivity contribution in [2.24, 2.45) is 0 Å². The zero-order valence-electron chi connectivity index (χ0n) is 13.5. The Bertz CT molecular complexity index is 846. The summed E-state index contributed by atoms with van der Waals surface area (Å²) in [5.41, 5.74) is 1.19. The van der Waals surface area contributed by atoms with Crippen LogP contribution < -0.4 is 5.32 Å². The van der Waals surface area contributed by atoms with Crippen LogP contribution in [0.25, 0.3) is 0 Å². The average Bonchev–Trinajstić information content (AvgIpc) is 3.32. The molecule has 7 nitrogen and oxygen atoms in total. The van der Waals surface area contributed by atoms with Crippen LogP contribution in [0.1, 0.15) is 27.0 Å². The smallest absolute Gasteiger partial charge is 0.333 e. The summed E-state index contributed by atoms with van der Waals surface area (Å²) in [5.74, 6) is -1.02. The van der Waals surface area contributed by atoms with Crippen molar-refractivity contribution in [3.63, 3.8) is 0 Å². The van der Waals surface area contributed by atoms with E-state index in [0.717, 1.165) is 5.56 Å². The first-order valence-electron chi connectivity index (χ1n) is 7.53. The van der Waals surface area contributed by atoms with Gasteiger partial charge < -0.3 is 10.1 Å². The second kappa shape index (κ2) is 7.71. The monoisotopic (exact) mass is 356 g/mol. The Morgan fingerprint density at radius 3 is 2.72 bits per heavy atom. The first-order chi connectivity index (χ1) is 12.2. The number of hydrogen-bond donors (Lipinski definition) is 1. The maximum Gasteiger partial charge on any atom is 0.333 e. The van der Waals surface area contributed by atoms with Crippen molar-refractivity contribution in [3.05, 3.63) is 70.2 Å². The second-order valence-corrected chi connectivity index (χ2v) is 6.21. The number of hydrogen-bond acceptors (Lipinski definition) is 6. The highest BCUT2D eigenvalue weighted by Gasteiger charge is 2.26. The van der Waals surface area contributed by atoms with Gasteiger partial charge in [-0.2, -0.15) is 0 Å². The van der Waals surface area contributed by atoms with Crippen molar-refractivity contribution in [1.82, 2.24) is 20.3 Å². The number of nitrogens with one attached hydrogen (secondary N) is 1. The number of nitrogens with zero attached hydrogens (tertiary/aromatic N) is 3. The van der Waals surface area contributed by atoms with Gasteiger partial charge >= 0.3 is 5.97 Å². The third kappa shape index (κ3) is 4.10. The Labute approximate surface area is 148 Å². The molecule has 1 aromatic carbocycles. The molecule has 128 valence electrons. The number of benzene rings is 1. The number of esters is 1. The lowest BCUT2D eigenvalue weighted by atomic mass is 10.2. The van der Waals surface area contributed by atoms with E-state index in [4.69, 9.17) is 4.74 Å². The molecule has 1 amide bonds. The Balaban J connectivity index is 1.71. The van der Waals surface area contributed by atoms with E-state index >= 15 is 0 Å². The molecule has 3 rings (SSSR count). The molecular weight excluding hydrogens is 340 g/mol. The lowest BCUT2D eigenvalue weighted by molar-refractivity contribution is -0.143. The first-order valence-corrected chi connectivity index (χ1v) is 8.41. The van der Waals surface area contributed by atoms with Crippen LogP contribution in [0.5, 0.6) is 0 Å². The minimum Gasteiger partial charge on any atom is -0.467 e. The van der Waals surface area contributed by atoms with Gasteiger partial charge in [0.05, 0.1) is 19.9 Å². The molecule has 0 aliphatic heterocycles. The summed E-state index contributed by atoms with van der Waals surface area (Å²) < 4.78 is 6.34. The quantitative estimate of drug-likeness (QED) is 0.683. The molecule has 0 radical (unpaired) electrons. The van der Waals surface area contributed by atoms with Crippen LogP contribution in [0.2, 0.25) is 0 Å². The number of methoxy groups -OCH3 is 1. The summed E-state index contributed by atoms with van der Waals surface area (Å²) in [4.78, 5) is 25.0. The molecule has 1 unspecified atom stereocenters. The highest BCUT2D eigenvalue weighted by atomic mass is 32.1. The number of carbonyl (C=O) groups is 2. The highest BCUT2D eigenvalue weighted by Crippen LogP contribution is 2.20. The topological polar surface area (TPSA) is 86.1 Å². The van der Waals surface area contributed by atoms with Gasteiger partial charge in [-0.3, -0.25) is 4.79 Å². The number of aromatic nitrogens is 3. The fraction of sp³-hybridized carbons (Fsp3) is 0.176. The standard InChI is InChI=1S/C17H16N4O3S/c1-24-17(23)15(14-8-5-9-25-14)18-16(22)13-11-21(20-19-13)10-12-6-3-2-4-7-12/h2-9,11,15H,10H2,1H3,(H,18,22). The van der Waals surface area contributed by atoms with Crippen LogP contribution in [-0.4, -0.2) is 34.0 Å². The Hall–Kier alpha value is -3.00. The summed E-state index contributed by atoms with van der Waals surface area (Å²) in [6, 6.07) is 12.4. The molecule has 1 atom stereocenters. The van der Waals surface area contributed by atoms with E-state index in [2.05, 4.69) is 15.6 Å². The second-order valence-electron chi connectivity index (χ2n) is 5.23. The number of thiophene rings is 1. The minimum atomic E-state index is -0.864. The molecule has 0 saturated heterocycles. The largest absolute Gasteiger partial charge is 0.467 e. The van der Waals surface area contributed by atoms with Crippen LogP contribution in [-0.2, 0) is 16.1 Å². The molecule has 0 fully saturated rings. The van der Waals surface area contributed by atoms with Gasteiger partial charge in [-0.15, -0.1) is 16.4 Å². The van der Waals surface area contributed by atoms with Crippen molar-refractivity contribution in [2.45, 2.75) is 12.6 Å². The molecule has 2 heterocycles. The summed E-state index contributed by atoms with van der Waals surface area (Å²) >= 11 is 1.36. The van der Waals surface area contributed by atoms with E-state index in [9.17, 15) is 9.59 Å². The van der Waals surface area contributed by atoms with Gasteiger partial charge in [0.15, 0.2) is 11.7 Å². The predicted molar refractivity (Wildman–Crippen MR) is 92.1 cm³/mol. The third-order valence-corrected chi connectivity index (χ3v) is 4.44.